The molecule has 0 aliphatic rings. The second-order valence-corrected chi connectivity index (χ2v) is 9.55. The van der Waals surface area contributed by atoms with Crippen LogP contribution in [0.2, 0.25) is 0 Å². The smallest absolute Gasteiger partial charge is 0.337 e. The first-order valence-electron chi connectivity index (χ1n) is 13.1. The summed E-state index contributed by atoms with van der Waals surface area (Å²) in [7, 11) is 4.63. The van der Waals surface area contributed by atoms with Crippen LogP contribution in [0.4, 0.5) is 11.4 Å². The minimum absolute atomic E-state index is 0.0532. The summed E-state index contributed by atoms with van der Waals surface area (Å²) >= 11 is 0. The zero-order chi connectivity index (χ0) is 30.2. The van der Waals surface area contributed by atoms with Gasteiger partial charge in [0.05, 0.1) is 24.8 Å². The molecule has 0 heterocycles. The highest BCUT2D eigenvalue weighted by atomic mass is 16.5. The molecular weight excluding hydrogens is 532 g/mol. The molecule has 0 spiro atoms. The fourth-order valence-corrected chi connectivity index (χ4v) is 4.41. The van der Waals surface area contributed by atoms with Crippen LogP contribution in [0.1, 0.15) is 47.8 Å². The number of methoxy groups -OCH3 is 1. The second kappa shape index (κ2) is 13.2. The van der Waals surface area contributed by atoms with Crippen LogP contribution in [-0.2, 0) is 16.0 Å². The Morgan fingerprint density at radius 3 is 1.95 bits per heavy atom. The Kier molecular flexibility index (Phi) is 9.29. The number of carbonyl (C=O) groups excluding carboxylic acids is 3. The minimum atomic E-state index is -0.889. The van der Waals surface area contributed by atoms with Gasteiger partial charge in [0.15, 0.2) is 0 Å². The van der Waals surface area contributed by atoms with Crippen molar-refractivity contribution in [2.24, 2.45) is 0 Å². The quantitative estimate of drug-likeness (QED) is 0.204. The van der Waals surface area contributed by atoms with Gasteiger partial charge >= 0.3 is 11.9 Å². The van der Waals surface area contributed by atoms with E-state index in [4.69, 9.17) is 9.84 Å². The van der Waals surface area contributed by atoms with E-state index in [1.165, 1.54) is 24.1 Å². The SMILES string of the molecule is COC(=O)c1ccc(C(=O)N(C)c2ccc(C(=O)N(C)c3ccccc3/C=C/c3cccc(CC(=O)O)c3)cc2)cc1. The van der Waals surface area contributed by atoms with Crippen LogP contribution in [0, 0.1) is 0 Å². The highest BCUT2D eigenvalue weighted by molar-refractivity contribution is 6.08. The highest BCUT2D eigenvalue weighted by Crippen LogP contribution is 2.25. The molecule has 0 saturated carbocycles. The third kappa shape index (κ3) is 6.98. The van der Waals surface area contributed by atoms with Crippen molar-refractivity contribution >= 4 is 47.3 Å². The molecule has 0 saturated heterocycles. The largest absolute Gasteiger partial charge is 0.481 e. The van der Waals surface area contributed by atoms with Crippen LogP contribution in [0.25, 0.3) is 12.2 Å². The van der Waals surface area contributed by atoms with Crippen molar-refractivity contribution < 1.29 is 29.0 Å². The number of nitrogens with zero attached hydrogens (tertiary/aromatic N) is 2. The number of carboxylic acids is 1. The van der Waals surface area contributed by atoms with E-state index in [2.05, 4.69) is 0 Å². The molecule has 42 heavy (non-hydrogen) atoms. The number of ether oxygens (including phenoxy) is 1. The fourth-order valence-electron chi connectivity index (χ4n) is 4.41. The molecule has 4 aromatic carbocycles. The number of carboxylic acid groups (broad SMARTS) is 1. The summed E-state index contributed by atoms with van der Waals surface area (Å²) in [5, 5.41) is 9.07. The van der Waals surface area contributed by atoms with Gasteiger partial charge in [-0.3, -0.25) is 14.4 Å². The molecule has 8 heteroatoms. The first-order chi connectivity index (χ1) is 20.2. The van der Waals surface area contributed by atoms with Gasteiger partial charge in [-0.2, -0.15) is 0 Å². The highest BCUT2D eigenvalue weighted by Gasteiger charge is 2.18. The molecule has 0 fully saturated rings. The molecule has 212 valence electrons. The molecule has 1 N–H and O–H groups in total. The maximum absolute atomic E-state index is 13.4. The number of rotatable bonds is 9. The standard InChI is InChI=1S/C34H30N2O6/c1-35(32(39)26-13-15-28(16-14-26)34(41)42-3)29-19-17-27(18-20-29)33(40)36(2)30-10-5-4-9-25(30)12-11-23-7-6-8-24(21-23)22-31(37)38/h4-21H,22H2,1-3H3,(H,37,38)/b12-11+. The molecular formula is C34H30N2O6. The van der Waals surface area contributed by atoms with Gasteiger partial charge < -0.3 is 19.6 Å². The third-order valence-electron chi connectivity index (χ3n) is 6.72. The van der Waals surface area contributed by atoms with Crippen molar-refractivity contribution in [3.8, 4) is 0 Å². The Bertz CT molecular complexity index is 1640. The van der Waals surface area contributed by atoms with Gasteiger partial charge in [0.2, 0.25) is 0 Å². The summed E-state index contributed by atoms with van der Waals surface area (Å²) in [5.74, 6) is -1.86. The molecule has 4 rings (SSSR count). The summed E-state index contributed by atoms with van der Waals surface area (Å²) in [6, 6.07) is 27.7. The summed E-state index contributed by atoms with van der Waals surface area (Å²) < 4.78 is 4.70. The number of para-hydroxylation sites is 1. The van der Waals surface area contributed by atoms with Gasteiger partial charge in [-0.1, -0.05) is 54.6 Å². The average molecular weight is 563 g/mol. The molecule has 0 bridgehead atoms. The van der Waals surface area contributed by atoms with E-state index >= 15 is 0 Å². The maximum atomic E-state index is 13.4. The van der Waals surface area contributed by atoms with Crippen LogP contribution < -0.4 is 9.80 Å². The number of esters is 1. The van der Waals surface area contributed by atoms with Crippen molar-refractivity contribution in [3.63, 3.8) is 0 Å². The van der Waals surface area contributed by atoms with Crippen molar-refractivity contribution in [1.82, 2.24) is 0 Å². The van der Waals surface area contributed by atoms with Gasteiger partial charge in [0.1, 0.15) is 0 Å². The van der Waals surface area contributed by atoms with Gasteiger partial charge in [0.25, 0.3) is 11.8 Å². The zero-order valence-electron chi connectivity index (χ0n) is 23.5. The molecule has 4 aromatic rings. The lowest BCUT2D eigenvalue weighted by Gasteiger charge is -2.21. The van der Waals surface area contributed by atoms with Crippen molar-refractivity contribution in [2.75, 3.05) is 31.0 Å². The first-order valence-corrected chi connectivity index (χ1v) is 13.1. The molecule has 2 amide bonds. The maximum Gasteiger partial charge on any atom is 0.337 e. The van der Waals surface area contributed by atoms with Crippen LogP contribution in [0.3, 0.4) is 0 Å². The summed E-state index contributed by atoms with van der Waals surface area (Å²) in [6.07, 6.45) is 3.72. The monoisotopic (exact) mass is 562 g/mol. The predicted molar refractivity (Wildman–Crippen MR) is 163 cm³/mol. The van der Waals surface area contributed by atoms with Crippen molar-refractivity contribution in [2.45, 2.75) is 6.42 Å². The Morgan fingerprint density at radius 2 is 1.31 bits per heavy atom. The van der Waals surface area contributed by atoms with Crippen LogP contribution >= 0.6 is 0 Å². The number of anilines is 2. The predicted octanol–water partition coefficient (Wildman–Crippen LogP) is 5.82. The minimum Gasteiger partial charge on any atom is -0.481 e. The number of carbonyl (C=O) groups is 4. The summed E-state index contributed by atoms with van der Waals surface area (Å²) in [6.45, 7) is 0. The van der Waals surface area contributed by atoms with Gasteiger partial charge in [-0.15, -0.1) is 0 Å². The van der Waals surface area contributed by atoms with E-state index in [1.54, 1.807) is 61.5 Å². The molecule has 0 radical (unpaired) electrons. The molecule has 8 nitrogen and oxygen atoms in total. The number of aliphatic carboxylic acids is 1. The Morgan fingerprint density at radius 1 is 0.714 bits per heavy atom. The van der Waals surface area contributed by atoms with Crippen LogP contribution in [0.15, 0.2) is 97.1 Å². The van der Waals surface area contributed by atoms with E-state index in [0.717, 1.165) is 11.1 Å². The number of hydrogen-bond donors (Lipinski definition) is 1. The molecule has 0 unspecified atom stereocenters. The fraction of sp³-hybridized carbons (Fsp3) is 0.118. The van der Waals surface area contributed by atoms with Gasteiger partial charge in [0, 0.05) is 30.9 Å². The van der Waals surface area contributed by atoms with Gasteiger partial charge in [-0.25, -0.2) is 4.79 Å². The van der Waals surface area contributed by atoms with Crippen LogP contribution in [0.5, 0.6) is 0 Å². The number of benzene rings is 4. The van der Waals surface area contributed by atoms with Crippen molar-refractivity contribution in [3.05, 3.63) is 130 Å². The molecule has 0 aliphatic carbocycles. The molecule has 0 atom stereocenters. The topological polar surface area (TPSA) is 104 Å². The number of hydrogen-bond acceptors (Lipinski definition) is 5. The van der Waals surface area contributed by atoms with Gasteiger partial charge in [-0.05, 0) is 71.3 Å². The third-order valence-corrected chi connectivity index (χ3v) is 6.72. The lowest BCUT2D eigenvalue weighted by atomic mass is 10.1. The lowest BCUT2D eigenvalue weighted by Crippen LogP contribution is -2.28. The van der Waals surface area contributed by atoms with Crippen LogP contribution in [-0.4, -0.2) is 50.1 Å². The normalized spacial score (nSPS) is 10.7. The van der Waals surface area contributed by atoms with E-state index < -0.39 is 11.9 Å². The van der Waals surface area contributed by atoms with E-state index in [-0.39, 0.29) is 18.2 Å². The molecule has 0 aliphatic heterocycles. The Balaban J connectivity index is 1.48. The average Bonchev–Trinajstić information content (AvgIpc) is 3.02. The zero-order valence-corrected chi connectivity index (χ0v) is 23.5. The Labute approximate surface area is 244 Å². The van der Waals surface area contributed by atoms with E-state index in [1.807, 2.05) is 54.6 Å². The summed E-state index contributed by atoms with van der Waals surface area (Å²) in [5.41, 5.74) is 4.89. The Hall–Kier alpha value is -5.50. The number of amides is 2. The second-order valence-electron chi connectivity index (χ2n) is 9.55. The van der Waals surface area contributed by atoms with Crippen molar-refractivity contribution in [1.29, 1.82) is 0 Å². The molecule has 0 aromatic heterocycles. The van der Waals surface area contributed by atoms with E-state index in [9.17, 15) is 19.2 Å². The lowest BCUT2D eigenvalue weighted by molar-refractivity contribution is -0.136. The summed E-state index contributed by atoms with van der Waals surface area (Å²) in [4.78, 5) is 52.1. The van der Waals surface area contributed by atoms with E-state index in [0.29, 0.717) is 33.6 Å². The first kappa shape index (κ1) is 29.5.